The highest BCUT2D eigenvalue weighted by Gasteiger charge is 2.32. The molecule has 0 unspecified atom stereocenters. The number of hydrogen-bond acceptors (Lipinski definition) is 6. The number of carbonyl (C=O) groups is 2. The number of pyridine rings is 1. The molecule has 0 atom stereocenters. The molecule has 2 aromatic carbocycles. The van der Waals surface area contributed by atoms with E-state index in [1.54, 1.807) is 44.4 Å². The van der Waals surface area contributed by atoms with Crippen molar-refractivity contribution in [1.82, 2.24) is 9.88 Å². The van der Waals surface area contributed by atoms with Crippen LogP contribution >= 0.6 is 0 Å². The fourth-order valence-corrected chi connectivity index (χ4v) is 2.89. The molecule has 0 saturated heterocycles. The standard InChI is InChI=1S/C23H21F3N4O4/c1-29(2)22(32)19-13-18(10-11-27-19)34-17-7-5-16(6-8-17)28-30(14-31)20-12-15(23(24,25)26)4-9-21(20)33-3/h4-14,28H,1-3H3. The molecule has 0 fully saturated rings. The second kappa shape index (κ2) is 10.1. The lowest BCUT2D eigenvalue weighted by Crippen LogP contribution is -2.28. The van der Waals surface area contributed by atoms with Crippen LogP contribution in [0.3, 0.4) is 0 Å². The van der Waals surface area contributed by atoms with Crippen LogP contribution in [0, 0.1) is 0 Å². The van der Waals surface area contributed by atoms with Crippen LogP contribution in [0.25, 0.3) is 0 Å². The summed E-state index contributed by atoms with van der Waals surface area (Å²) in [6.45, 7) is 0. The molecule has 8 nitrogen and oxygen atoms in total. The van der Waals surface area contributed by atoms with Crippen molar-refractivity contribution in [1.29, 1.82) is 0 Å². The van der Waals surface area contributed by atoms with Crippen LogP contribution in [-0.4, -0.2) is 43.4 Å². The maximum atomic E-state index is 13.1. The van der Waals surface area contributed by atoms with Gasteiger partial charge in [0.05, 0.1) is 18.4 Å². The number of alkyl halides is 3. The Morgan fingerprint density at radius 2 is 1.74 bits per heavy atom. The number of rotatable bonds is 8. The quantitative estimate of drug-likeness (QED) is 0.380. The minimum absolute atomic E-state index is 0.0771. The second-order valence-electron chi connectivity index (χ2n) is 7.17. The Balaban J connectivity index is 1.77. The van der Waals surface area contributed by atoms with Gasteiger partial charge in [0, 0.05) is 26.4 Å². The first-order valence-corrected chi connectivity index (χ1v) is 9.84. The van der Waals surface area contributed by atoms with E-state index in [2.05, 4.69) is 10.4 Å². The fourth-order valence-electron chi connectivity index (χ4n) is 2.89. The van der Waals surface area contributed by atoms with E-state index in [-0.39, 0.29) is 23.0 Å². The van der Waals surface area contributed by atoms with Gasteiger partial charge < -0.3 is 14.4 Å². The molecule has 11 heteroatoms. The van der Waals surface area contributed by atoms with Gasteiger partial charge in [0.15, 0.2) is 0 Å². The van der Waals surface area contributed by atoms with E-state index < -0.39 is 11.7 Å². The molecule has 0 bridgehead atoms. The summed E-state index contributed by atoms with van der Waals surface area (Å²) in [5.41, 5.74) is 2.31. The number of halogens is 3. The Kier molecular flexibility index (Phi) is 7.24. The third-order valence-corrected chi connectivity index (χ3v) is 4.57. The molecule has 34 heavy (non-hydrogen) atoms. The molecule has 2 amide bonds. The van der Waals surface area contributed by atoms with E-state index in [1.807, 2.05) is 0 Å². The molecular weight excluding hydrogens is 453 g/mol. The lowest BCUT2D eigenvalue weighted by atomic mass is 10.1. The highest BCUT2D eigenvalue weighted by molar-refractivity contribution is 5.92. The molecule has 178 valence electrons. The Bertz CT molecular complexity index is 1170. The molecule has 0 aliphatic rings. The molecule has 1 aromatic heterocycles. The number of hydrogen-bond donors (Lipinski definition) is 1. The summed E-state index contributed by atoms with van der Waals surface area (Å²) in [5.74, 6) is 0.621. The Morgan fingerprint density at radius 1 is 1.03 bits per heavy atom. The minimum atomic E-state index is -4.58. The van der Waals surface area contributed by atoms with Gasteiger partial charge in [-0.2, -0.15) is 13.2 Å². The van der Waals surface area contributed by atoms with Crippen LogP contribution in [0.2, 0.25) is 0 Å². The number of ether oxygens (including phenoxy) is 2. The van der Waals surface area contributed by atoms with Crippen LogP contribution in [0.15, 0.2) is 60.8 Å². The molecule has 0 radical (unpaired) electrons. The second-order valence-corrected chi connectivity index (χ2v) is 7.17. The van der Waals surface area contributed by atoms with E-state index >= 15 is 0 Å². The fraction of sp³-hybridized carbons (Fsp3) is 0.174. The van der Waals surface area contributed by atoms with Crippen molar-refractivity contribution in [3.05, 3.63) is 72.1 Å². The van der Waals surface area contributed by atoms with E-state index in [9.17, 15) is 22.8 Å². The third kappa shape index (κ3) is 5.74. The monoisotopic (exact) mass is 474 g/mol. The van der Waals surface area contributed by atoms with E-state index in [1.165, 1.54) is 24.3 Å². The van der Waals surface area contributed by atoms with Crippen molar-refractivity contribution in [3.8, 4) is 17.2 Å². The molecule has 0 aliphatic carbocycles. The maximum absolute atomic E-state index is 13.1. The van der Waals surface area contributed by atoms with Gasteiger partial charge in [-0.05, 0) is 48.5 Å². The van der Waals surface area contributed by atoms with Gasteiger partial charge in [-0.3, -0.25) is 20.0 Å². The Labute approximate surface area is 193 Å². The molecule has 0 aliphatic heterocycles. The molecule has 1 heterocycles. The third-order valence-electron chi connectivity index (χ3n) is 4.57. The van der Waals surface area contributed by atoms with Gasteiger partial charge >= 0.3 is 6.18 Å². The highest BCUT2D eigenvalue weighted by Crippen LogP contribution is 2.36. The van der Waals surface area contributed by atoms with E-state index in [0.29, 0.717) is 23.6 Å². The predicted octanol–water partition coefficient (Wildman–Crippen LogP) is 4.59. The van der Waals surface area contributed by atoms with Crippen LogP contribution < -0.4 is 19.9 Å². The lowest BCUT2D eigenvalue weighted by Gasteiger charge is -2.23. The number of methoxy groups -OCH3 is 1. The summed E-state index contributed by atoms with van der Waals surface area (Å²) in [4.78, 5) is 29.1. The van der Waals surface area contributed by atoms with Crippen molar-refractivity contribution in [2.24, 2.45) is 0 Å². The van der Waals surface area contributed by atoms with Crippen LogP contribution in [0.4, 0.5) is 24.5 Å². The molecule has 1 N–H and O–H groups in total. The van der Waals surface area contributed by atoms with Crippen molar-refractivity contribution in [2.75, 3.05) is 31.6 Å². The SMILES string of the molecule is COc1ccc(C(F)(F)F)cc1N(C=O)Nc1ccc(Oc2ccnc(C(=O)N(C)C)c2)cc1. The Morgan fingerprint density at radius 3 is 2.32 bits per heavy atom. The summed E-state index contributed by atoms with van der Waals surface area (Å²) in [7, 11) is 4.51. The number of carbonyl (C=O) groups excluding carboxylic acids is 2. The molecule has 3 rings (SSSR count). The van der Waals surface area contributed by atoms with E-state index in [4.69, 9.17) is 9.47 Å². The molecular formula is C23H21F3N4O4. The minimum Gasteiger partial charge on any atom is -0.494 e. The maximum Gasteiger partial charge on any atom is 0.416 e. The van der Waals surface area contributed by atoms with Crippen LogP contribution in [-0.2, 0) is 11.0 Å². The van der Waals surface area contributed by atoms with Crippen molar-refractivity contribution in [2.45, 2.75) is 6.18 Å². The van der Waals surface area contributed by atoms with Gasteiger partial charge in [0.2, 0.25) is 6.41 Å². The van der Waals surface area contributed by atoms with E-state index in [0.717, 1.165) is 23.2 Å². The normalized spacial score (nSPS) is 10.9. The number of hydrazine groups is 1. The summed E-state index contributed by atoms with van der Waals surface area (Å²) >= 11 is 0. The summed E-state index contributed by atoms with van der Waals surface area (Å²) in [6, 6.07) is 12.2. The number of nitrogens with zero attached hydrogens (tertiary/aromatic N) is 3. The summed E-state index contributed by atoms with van der Waals surface area (Å²) in [5, 5.41) is 0.881. The highest BCUT2D eigenvalue weighted by atomic mass is 19.4. The van der Waals surface area contributed by atoms with Gasteiger partial charge in [-0.15, -0.1) is 0 Å². The first kappa shape index (κ1) is 24.4. The number of aromatic nitrogens is 1. The number of anilines is 2. The Hall–Kier alpha value is -4.28. The zero-order chi connectivity index (χ0) is 24.9. The average Bonchev–Trinajstić information content (AvgIpc) is 2.82. The lowest BCUT2D eigenvalue weighted by molar-refractivity contribution is -0.137. The van der Waals surface area contributed by atoms with Gasteiger partial charge in [-0.1, -0.05) is 0 Å². The summed E-state index contributed by atoms with van der Waals surface area (Å²) in [6.07, 6.45) is -2.80. The molecule has 3 aromatic rings. The first-order chi connectivity index (χ1) is 16.1. The van der Waals surface area contributed by atoms with Crippen molar-refractivity contribution >= 4 is 23.7 Å². The topological polar surface area (TPSA) is 84.0 Å². The average molecular weight is 474 g/mol. The van der Waals surface area contributed by atoms with Gasteiger partial charge in [0.1, 0.15) is 28.6 Å². The van der Waals surface area contributed by atoms with Crippen molar-refractivity contribution < 1.29 is 32.2 Å². The van der Waals surface area contributed by atoms with Gasteiger partial charge in [-0.25, -0.2) is 5.01 Å². The van der Waals surface area contributed by atoms with Gasteiger partial charge in [0.25, 0.3) is 5.91 Å². The largest absolute Gasteiger partial charge is 0.494 e. The zero-order valence-corrected chi connectivity index (χ0v) is 18.5. The van der Waals surface area contributed by atoms with Crippen LogP contribution in [0.1, 0.15) is 16.1 Å². The summed E-state index contributed by atoms with van der Waals surface area (Å²) < 4.78 is 50.2. The molecule has 0 saturated carbocycles. The number of benzene rings is 2. The predicted molar refractivity (Wildman–Crippen MR) is 119 cm³/mol. The molecule has 0 spiro atoms. The zero-order valence-electron chi connectivity index (χ0n) is 18.5. The van der Waals surface area contributed by atoms with Crippen molar-refractivity contribution in [3.63, 3.8) is 0 Å². The number of nitrogens with one attached hydrogen (secondary N) is 1. The van der Waals surface area contributed by atoms with Crippen LogP contribution in [0.5, 0.6) is 17.2 Å². The smallest absolute Gasteiger partial charge is 0.416 e. The first-order valence-electron chi connectivity index (χ1n) is 9.84. The number of amides is 2.